The van der Waals surface area contributed by atoms with Crippen molar-refractivity contribution in [2.24, 2.45) is 5.92 Å². The Morgan fingerprint density at radius 3 is 2.32 bits per heavy atom. The number of carbonyl (C=O) groups excluding carboxylic acids is 2. The normalized spacial score (nSPS) is 25.0. The first-order valence-corrected chi connectivity index (χ1v) is 16.2. The molecule has 0 spiro atoms. The van der Waals surface area contributed by atoms with E-state index in [0.717, 1.165) is 48.0 Å². The minimum atomic E-state index is -1.87. The zero-order chi connectivity index (χ0) is 27.0. The lowest BCUT2D eigenvalue weighted by atomic mass is 9.82. The largest absolute Gasteiger partial charge is 1.00 e. The van der Waals surface area contributed by atoms with Gasteiger partial charge in [0, 0.05) is 6.42 Å². The van der Waals surface area contributed by atoms with Crippen molar-refractivity contribution < 1.29 is 56.9 Å². The molecule has 1 amide bonds. The Kier molecular flexibility index (Phi) is 10.1. The molecule has 3 aliphatic heterocycles. The molecule has 0 aliphatic carbocycles. The molecular formula is C28H43IN2O6Si. The number of quaternary nitrogens is 1. The van der Waals surface area contributed by atoms with E-state index >= 15 is 0 Å². The third kappa shape index (κ3) is 5.98. The van der Waals surface area contributed by atoms with E-state index in [1.165, 1.54) is 0 Å². The van der Waals surface area contributed by atoms with Crippen LogP contribution in [-0.2, 0) is 30.2 Å². The van der Waals surface area contributed by atoms with Crippen molar-refractivity contribution in [3.63, 3.8) is 0 Å². The number of halogens is 1. The van der Waals surface area contributed by atoms with E-state index in [4.69, 9.17) is 18.7 Å². The van der Waals surface area contributed by atoms with Gasteiger partial charge in [0.25, 0.3) is 0 Å². The first-order valence-electron chi connectivity index (χ1n) is 13.6. The van der Waals surface area contributed by atoms with Crippen molar-refractivity contribution in [3.05, 3.63) is 41.1 Å². The second-order valence-corrected chi connectivity index (χ2v) is 15.8. The van der Waals surface area contributed by atoms with Crippen LogP contribution in [0.1, 0.15) is 46.1 Å². The Hall–Kier alpha value is -1.47. The molecule has 212 valence electrons. The monoisotopic (exact) mass is 658 g/mol. The van der Waals surface area contributed by atoms with Gasteiger partial charge in [-0.15, -0.1) is 0 Å². The second-order valence-electron chi connectivity index (χ2n) is 11.1. The molecule has 0 N–H and O–H groups in total. The van der Waals surface area contributed by atoms with Crippen LogP contribution < -0.4 is 28.7 Å². The molecule has 2 saturated heterocycles. The number of fused-ring (bicyclic) bond motifs is 1. The van der Waals surface area contributed by atoms with Gasteiger partial charge in [0.05, 0.1) is 39.3 Å². The van der Waals surface area contributed by atoms with E-state index in [9.17, 15) is 9.59 Å². The van der Waals surface area contributed by atoms with Crippen molar-refractivity contribution >= 4 is 20.2 Å². The predicted octanol–water partition coefficient (Wildman–Crippen LogP) is 1.42. The Labute approximate surface area is 245 Å². The lowest BCUT2D eigenvalue weighted by molar-refractivity contribution is -1.06. The molecule has 1 aromatic carbocycles. The average molecular weight is 659 g/mol. The van der Waals surface area contributed by atoms with Crippen molar-refractivity contribution in [1.82, 2.24) is 4.90 Å². The molecule has 0 bridgehead atoms. The summed E-state index contributed by atoms with van der Waals surface area (Å²) in [6, 6.07) is 10.4. The van der Waals surface area contributed by atoms with Crippen LogP contribution in [0, 0.1) is 5.92 Å². The molecule has 38 heavy (non-hydrogen) atoms. The van der Waals surface area contributed by atoms with Crippen molar-refractivity contribution in [2.45, 2.75) is 83.5 Å². The number of β-lactam (4-membered cyclic amide) rings is 1. The minimum Gasteiger partial charge on any atom is -1.00 e. The number of esters is 1. The van der Waals surface area contributed by atoms with E-state index in [2.05, 4.69) is 20.8 Å². The maximum Gasteiger partial charge on any atom is 0.355 e. The molecule has 8 nitrogen and oxygen atoms in total. The fourth-order valence-electron chi connectivity index (χ4n) is 6.09. The number of hydroxylamine groups is 3. The molecule has 3 aliphatic rings. The lowest BCUT2D eigenvalue weighted by Crippen LogP contribution is -3.00. The fraction of sp³-hybridized carbons (Fsp3) is 0.643. The third-order valence-corrected chi connectivity index (χ3v) is 13.3. The van der Waals surface area contributed by atoms with Gasteiger partial charge in [-0.3, -0.25) is 4.79 Å². The Morgan fingerprint density at radius 2 is 1.79 bits per heavy atom. The number of nitrogens with zero attached hydrogens (tertiary/aromatic N) is 2. The average Bonchev–Trinajstić information content (AvgIpc) is 3.43. The Bertz CT molecular complexity index is 1030. The smallest absolute Gasteiger partial charge is 0.355 e. The van der Waals surface area contributed by atoms with Crippen molar-refractivity contribution in [2.75, 3.05) is 27.7 Å². The third-order valence-electron chi connectivity index (χ3n) is 8.57. The van der Waals surface area contributed by atoms with Crippen molar-refractivity contribution in [1.29, 1.82) is 0 Å². The van der Waals surface area contributed by atoms with Crippen LogP contribution in [-0.4, -0.2) is 75.7 Å². The van der Waals surface area contributed by atoms with E-state index in [-0.39, 0.29) is 60.7 Å². The maximum atomic E-state index is 13.5. The van der Waals surface area contributed by atoms with E-state index in [1.54, 1.807) is 12.0 Å². The highest BCUT2D eigenvalue weighted by atomic mass is 127. The molecular weight excluding hydrogens is 615 g/mol. The fourth-order valence-corrected chi connectivity index (χ4v) is 9.02. The minimum absolute atomic E-state index is 0. The molecule has 0 saturated carbocycles. The van der Waals surface area contributed by atoms with Gasteiger partial charge in [0.15, 0.2) is 8.32 Å². The van der Waals surface area contributed by atoms with Gasteiger partial charge in [-0.2, -0.15) is 9.48 Å². The number of carbonyl (C=O) groups is 2. The molecule has 0 unspecified atom stereocenters. The predicted molar refractivity (Wildman–Crippen MR) is 143 cm³/mol. The first-order chi connectivity index (χ1) is 17.6. The van der Waals surface area contributed by atoms with Gasteiger partial charge in [0.2, 0.25) is 5.91 Å². The van der Waals surface area contributed by atoms with Crippen LogP contribution in [0.3, 0.4) is 0 Å². The van der Waals surface area contributed by atoms with Gasteiger partial charge in [-0.1, -0.05) is 32.9 Å². The van der Waals surface area contributed by atoms with Crippen LogP contribution in [0.5, 0.6) is 5.75 Å². The summed E-state index contributed by atoms with van der Waals surface area (Å²) >= 11 is 0. The SMILES string of the molecule is CC[Si](CC)(CC)O[C@H](C)[C@H]1C(=O)N2C(C(=O)OCc3ccc(OC)cc3)=C([C@H]3CC[N+](C)(C)O3)C[C@H]12.[I-]. The van der Waals surface area contributed by atoms with Crippen LogP contribution in [0.25, 0.3) is 0 Å². The number of amides is 1. The number of ether oxygens (including phenoxy) is 2. The number of hydrogen-bond acceptors (Lipinski definition) is 6. The summed E-state index contributed by atoms with van der Waals surface area (Å²) in [5.74, 6) is -0.00857. The maximum absolute atomic E-state index is 13.5. The molecule has 10 heteroatoms. The highest BCUT2D eigenvalue weighted by molar-refractivity contribution is 6.73. The molecule has 4 rings (SSSR count). The van der Waals surface area contributed by atoms with Crippen LogP contribution in [0.4, 0.5) is 0 Å². The summed E-state index contributed by atoms with van der Waals surface area (Å²) in [5, 5.41) is 0. The second kappa shape index (κ2) is 12.4. The highest BCUT2D eigenvalue weighted by Crippen LogP contribution is 2.48. The summed E-state index contributed by atoms with van der Waals surface area (Å²) < 4.78 is 18.1. The number of hydrogen-bond donors (Lipinski definition) is 0. The summed E-state index contributed by atoms with van der Waals surface area (Å²) in [6.45, 7) is 9.61. The van der Waals surface area contributed by atoms with Gasteiger partial charge in [0.1, 0.15) is 30.7 Å². The van der Waals surface area contributed by atoms with Crippen LogP contribution in [0.15, 0.2) is 35.5 Å². The summed E-state index contributed by atoms with van der Waals surface area (Å²) in [7, 11) is 3.77. The Balaban J connectivity index is 0.00000400. The van der Waals surface area contributed by atoms with Crippen molar-refractivity contribution in [3.8, 4) is 5.75 Å². The zero-order valence-electron chi connectivity index (χ0n) is 23.8. The Morgan fingerprint density at radius 1 is 1.16 bits per heavy atom. The summed E-state index contributed by atoms with van der Waals surface area (Å²) in [4.78, 5) is 35.0. The van der Waals surface area contributed by atoms with Crippen LogP contribution in [0.2, 0.25) is 18.1 Å². The van der Waals surface area contributed by atoms with Crippen LogP contribution >= 0.6 is 0 Å². The number of benzene rings is 1. The quantitative estimate of drug-likeness (QED) is 0.118. The lowest BCUT2D eigenvalue weighted by Gasteiger charge is -2.48. The zero-order valence-corrected chi connectivity index (χ0v) is 26.9. The highest BCUT2D eigenvalue weighted by Gasteiger charge is 2.59. The summed E-state index contributed by atoms with van der Waals surface area (Å²) in [5.41, 5.74) is 2.13. The van der Waals surface area contributed by atoms with Gasteiger partial charge in [-0.05, 0) is 54.7 Å². The van der Waals surface area contributed by atoms with E-state index in [0.29, 0.717) is 16.8 Å². The molecule has 0 aromatic heterocycles. The number of rotatable bonds is 11. The topological polar surface area (TPSA) is 74.3 Å². The summed E-state index contributed by atoms with van der Waals surface area (Å²) in [6.07, 6.45) is 1.05. The number of methoxy groups -OCH3 is 1. The van der Waals surface area contributed by atoms with E-state index in [1.807, 2.05) is 45.3 Å². The van der Waals surface area contributed by atoms with Gasteiger partial charge >= 0.3 is 5.97 Å². The van der Waals surface area contributed by atoms with Gasteiger partial charge < -0.3 is 42.8 Å². The van der Waals surface area contributed by atoms with Gasteiger partial charge in [-0.25, -0.2) is 4.79 Å². The first kappa shape index (κ1) is 31.1. The molecule has 0 radical (unpaired) electrons. The molecule has 1 aromatic rings. The van der Waals surface area contributed by atoms with E-state index < -0.39 is 14.3 Å². The standard InChI is InChI=1S/C28H43N2O6Si.HI/c1-8-37(9-2,10-3)36-19(4)25-23-17-22(24-15-16-30(5,6)35-24)26(29(23)27(25)31)28(32)34-18-20-11-13-21(33-7)14-12-20;/h11-14,19,23-25H,8-10,15-18H2,1-7H3;1H/q+1;/p-1/t19-,23-,24-,25-;/m1./s1. The molecule has 2 fully saturated rings. The molecule has 3 heterocycles. The molecule has 4 atom stereocenters.